The summed E-state index contributed by atoms with van der Waals surface area (Å²) in [5.41, 5.74) is 3.30. The molecular weight excluding hydrogens is 310 g/mol. The van der Waals surface area contributed by atoms with Gasteiger partial charge in [-0.25, -0.2) is 4.98 Å². The summed E-state index contributed by atoms with van der Waals surface area (Å²) in [5, 5.41) is 3.01. The third kappa shape index (κ3) is 4.47. The second-order valence-electron chi connectivity index (χ2n) is 6.28. The lowest BCUT2D eigenvalue weighted by molar-refractivity contribution is -0.120. The lowest BCUT2D eigenvalue weighted by atomic mass is 10.1. The molecule has 4 heteroatoms. The molecule has 4 nitrogen and oxygen atoms in total. The number of para-hydroxylation sites is 2. The van der Waals surface area contributed by atoms with Crippen molar-refractivity contribution in [3.8, 4) is 0 Å². The zero-order valence-corrected chi connectivity index (χ0v) is 14.7. The zero-order valence-electron chi connectivity index (χ0n) is 14.7. The summed E-state index contributed by atoms with van der Waals surface area (Å²) >= 11 is 0. The molecule has 0 aliphatic rings. The van der Waals surface area contributed by atoms with Gasteiger partial charge in [0.15, 0.2) is 0 Å². The van der Waals surface area contributed by atoms with Crippen molar-refractivity contribution in [2.75, 3.05) is 6.54 Å². The Morgan fingerprint density at radius 2 is 1.84 bits per heavy atom. The molecular formula is C21H25N3O. The van der Waals surface area contributed by atoms with E-state index >= 15 is 0 Å². The highest BCUT2D eigenvalue weighted by Gasteiger charge is 2.09. The molecule has 0 saturated carbocycles. The molecule has 130 valence electrons. The highest BCUT2D eigenvalue weighted by atomic mass is 16.1. The van der Waals surface area contributed by atoms with Gasteiger partial charge >= 0.3 is 0 Å². The minimum absolute atomic E-state index is 0.0771. The molecule has 0 radical (unpaired) electrons. The van der Waals surface area contributed by atoms with Crippen LogP contribution in [0.15, 0.2) is 54.6 Å². The third-order valence-electron chi connectivity index (χ3n) is 4.29. The Morgan fingerprint density at radius 3 is 2.64 bits per heavy atom. The predicted octanol–water partition coefficient (Wildman–Crippen LogP) is 3.74. The lowest BCUT2D eigenvalue weighted by Crippen LogP contribution is -2.26. The van der Waals surface area contributed by atoms with Crippen LogP contribution in [0, 0.1) is 0 Å². The Hall–Kier alpha value is -2.62. The van der Waals surface area contributed by atoms with Crippen molar-refractivity contribution in [2.45, 2.75) is 39.2 Å². The van der Waals surface area contributed by atoms with Gasteiger partial charge in [-0.1, -0.05) is 49.4 Å². The van der Waals surface area contributed by atoms with E-state index in [9.17, 15) is 4.79 Å². The third-order valence-corrected chi connectivity index (χ3v) is 4.29. The smallest absolute Gasteiger partial charge is 0.224 e. The highest BCUT2D eigenvalue weighted by Crippen LogP contribution is 2.17. The number of nitrogens with one attached hydrogen (secondary N) is 1. The molecule has 0 atom stereocenters. The molecule has 2 aromatic carbocycles. The number of aryl methyl sites for hydroxylation is 2. The minimum Gasteiger partial charge on any atom is -0.356 e. The minimum atomic E-state index is 0.0771. The predicted molar refractivity (Wildman–Crippen MR) is 102 cm³/mol. The fourth-order valence-corrected chi connectivity index (χ4v) is 3.11. The van der Waals surface area contributed by atoms with Crippen molar-refractivity contribution in [2.24, 2.45) is 0 Å². The van der Waals surface area contributed by atoms with Gasteiger partial charge in [0.2, 0.25) is 5.91 Å². The average molecular weight is 335 g/mol. The summed E-state index contributed by atoms with van der Waals surface area (Å²) in [7, 11) is 0. The van der Waals surface area contributed by atoms with Crippen molar-refractivity contribution in [3.63, 3.8) is 0 Å². The lowest BCUT2D eigenvalue weighted by Gasteiger charge is -2.08. The second kappa shape index (κ2) is 8.47. The van der Waals surface area contributed by atoms with Crippen LogP contribution in [-0.2, 0) is 24.2 Å². The van der Waals surface area contributed by atoms with Gasteiger partial charge in [-0.2, -0.15) is 0 Å². The van der Waals surface area contributed by atoms with Gasteiger partial charge in [-0.15, -0.1) is 0 Å². The molecule has 0 unspecified atom stereocenters. The number of rotatable bonds is 8. The number of imidazole rings is 1. The van der Waals surface area contributed by atoms with Gasteiger partial charge in [0.1, 0.15) is 5.82 Å². The Bertz CT molecular complexity index is 824. The van der Waals surface area contributed by atoms with Crippen LogP contribution in [0.25, 0.3) is 11.0 Å². The van der Waals surface area contributed by atoms with Gasteiger partial charge in [0, 0.05) is 19.5 Å². The largest absolute Gasteiger partial charge is 0.356 e. The highest BCUT2D eigenvalue weighted by molar-refractivity contribution is 5.78. The van der Waals surface area contributed by atoms with Crippen LogP contribution in [0.1, 0.15) is 31.2 Å². The number of amides is 1. The van der Waals surface area contributed by atoms with Crippen LogP contribution >= 0.6 is 0 Å². The van der Waals surface area contributed by atoms with E-state index in [4.69, 9.17) is 4.98 Å². The fourth-order valence-electron chi connectivity index (χ4n) is 3.11. The molecule has 0 saturated heterocycles. The van der Waals surface area contributed by atoms with E-state index in [-0.39, 0.29) is 5.91 Å². The molecule has 3 aromatic rings. The van der Waals surface area contributed by atoms with Crippen LogP contribution in [-0.4, -0.2) is 22.0 Å². The van der Waals surface area contributed by atoms with Gasteiger partial charge < -0.3 is 9.88 Å². The van der Waals surface area contributed by atoms with E-state index < -0.39 is 0 Å². The van der Waals surface area contributed by atoms with E-state index in [2.05, 4.69) is 35.0 Å². The first kappa shape index (κ1) is 17.2. The number of carbonyl (C=O) groups excluding carboxylic acids is 1. The summed E-state index contributed by atoms with van der Waals surface area (Å²) in [4.78, 5) is 16.8. The number of hydrogen-bond acceptors (Lipinski definition) is 2. The maximum atomic E-state index is 12.0. The van der Waals surface area contributed by atoms with Crippen LogP contribution in [0.5, 0.6) is 0 Å². The number of carbonyl (C=O) groups is 1. The van der Waals surface area contributed by atoms with Crippen LogP contribution in [0.4, 0.5) is 0 Å². The molecule has 0 aliphatic carbocycles. The first-order valence-corrected chi connectivity index (χ1v) is 9.02. The summed E-state index contributed by atoms with van der Waals surface area (Å²) in [6, 6.07) is 18.1. The van der Waals surface area contributed by atoms with Crippen LogP contribution in [0.2, 0.25) is 0 Å². The van der Waals surface area contributed by atoms with Crippen LogP contribution < -0.4 is 5.32 Å². The number of hydrogen-bond donors (Lipinski definition) is 1. The van der Waals surface area contributed by atoms with Gasteiger partial charge in [-0.05, 0) is 30.5 Å². The van der Waals surface area contributed by atoms with E-state index in [1.54, 1.807) is 0 Å². The van der Waals surface area contributed by atoms with E-state index in [1.165, 1.54) is 5.52 Å². The Kier molecular flexibility index (Phi) is 5.83. The normalized spacial score (nSPS) is 10.9. The molecule has 3 rings (SSSR count). The molecule has 1 amide bonds. The summed E-state index contributed by atoms with van der Waals surface area (Å²) < 4.78 is 2.31. The zero-order chi connectivity index (χ0) is 17.5. The number of benzene rings is 2. The van der Waals surface area contributed by atoms with Crippen molar-refractivity contribution in [1.82, 2.24) is 14.9 Å². The van der Waals surface area contributed by atoms with Crippen molar-refractivity contribution < 1.29 is 4.79 Å². The van der Waals surface area contributed by atoms with Crippen molar-refractivity contribution in [3.05, 3.63) is 66.0 Å². The quantitative estimate of drug-likeness (QED) is 0.638. The maximum absolute atomic E-state index is 12.0. The summed E-state index contributed by atoms with van der Waals surface area (Å²) in [6.45, 7) is 3.85. The van der Waals surface area contributed by atoms with Gasteiger partial charge in [0.25, 0.3) is 0 Å². The first-order valence-electron chi connectivity index (χ1n) is 9.02. The van der Waals surface area contributed by atoms with E-state index in [0.29, 0.717) is 13.0 Å². The SMILES string of the molecule is CCCn1c(CCCNC(=O)Cc2ccccc2)nc2ccccc21. The molecule has 1 aromatic heterocycles. The van der Waals surface area contributed by atoms with Crippen molar-refractivity contribution >= 4 is 16.9 Å². The Balaban J connectivity index is 1.53. The average Bonchev–Trinajstić information content (AvgIpc) is 2.98. The number of fused-ring (bicyclic) bond motifs is 1. The number of aromatic nitrogens is 2. The van der Waals surface area contributed by atoms with Crippen LogP contribution in [0.3, 0.4) is 0 Å². The molecule has 1 heterocycles. The summed E-state index contributed by atoms with van der Waals surface area (Å²) in [6.07, 6.45) is 3.30. The number of nitrogens with zero attached hydrogens (tertiary/aromatic N) is 2. The molecule has 1 N–H and O–H groups in total. The Morgan fingerprint density at radius 1 is 1.08 bits per heavy atom. The molecule has 0 bridgehead atoms. The summed E-state index contributed by atoms with van der Waals surface area (Å²) in [5.74, 6) is 1.19. The topological polar surface area (TPSA) is 46.9 Å². The second-order valence-corrected chi connectivity index (χ2v) is 6.28. The standard InChI is InChI=1S/C21H25N3O/c1-2-15-24-19-12-7-6-11-18(19)23-20(24)13-8-14-22-21(25)16-17-9-4-3-5-10-17/h3-7,9-12H,2,8,13-16H2,1H3,(H,22,25). The van der Waals surface area contributed by atoms with E-state index in [1.807, 2.05) is 36.4 Å². The fraction of sp³-hybridized carbons (Fsp3) is 0.333. The Labute approximate surface area is 148 Å². The molecule has 25 heavy (non-hydrogen) atoms. The molecule has 0 spiro atoms. The van der Waals surface area contributed by atoms with Gasteiger partial charge in [-0.3, -0.25) is 4.79 Å². The monoisotopic (exact) mass is 335 g/mol. The molecule has 0 fully saturated rings. The van der Waals surface area contributed by atoms with Crippen molar-refractivity contribution in [1.29, 1.82) is 0 Å². The maximum Gasteiger partial charge on any atom is 0.224 e. The first-order chi connectivity index (χ1) is 12.3. The van der Waals surface area contributed by atoms with Gasteiger partial charge in [0.05, 0.1) is 17.5 Å². The molecule has 0 aliphatic heterocycles. The van der Waals surface area contributed by atoms with E-state index in [0.717, 1.165) is 42.7 Å².